The van der Waals surface area contributed by atoms with Crippen LogP contribution < -0.4 is 10.0 Å². The second kappa shape index (κ2) is 11.8. The summed E-state index contributed by atoms with van der Waals surface area (Å²) in [6, 6.07) is 15.0. The molecule has 1 aliphatic rings. The minimum atomic E-state index is -3.58. The fourth-order valence-corrected chi connectivity index (χ4v) is 5.68. The molecular weight excluding hydrogens is 547 g/mol. The first-order valence-corrected chi connectivity index (χ1v) is 13.9. The van der Waals surface area contributed by atoms with Gasteiger partial charge in [0.1, 0.15) is 11.3 Å². The largest absolute Gasteiger partial charge is 0.508 e. The van der Waals surface area contributed by atoms with Gasteiger partial charge in [0.25, 0.3) is 0 Å². The number of halogens is 2. The van der Waals surface area contributed by atoms with Crippen molar-refractivity contribution in [2.75, 3.05) is 31.5 Å². The van der Waals surface area contributed by atoms with Crippen LogP contribution in [0, 0.1) is 6.92 Å². The average Bonchev–Trinajstić information content (AvgIpc) is 3.39. The van der Waals surface area contributed by atoms with Gasteiger partial charge in [0.2, 0.25) is 16.0 Å². The number of fused-ring (bicyclic) bond motifs is 1. The maximum Gasteiger partial charge on any atom is 0.247 e. The van der Waals surface area contributed by atoms with E-state index in [4.69, 9.17) is 11.6 Å². The Balaban J connectivity index is 0.00000336. The second-order valence-electron chi connectivity index (χ2n) is 9.06. The Kier molecular flexibility index (Phi) is 8.69. The van der Waals surface area contributed by atoms with E-state index in [0.29, 0.717) is 40.4 Å². The lowest BCUT2D eigenvalue weighted by atomic mass is 10.0. The van der Waals surface area contributed by atoms with E-state index in [1.54, 1.807) is 36.4 Å². The Morgan fingerprint density at radius 1 is 1.03 bits per heavy atom. The lowest BCUT2D eigenvalue weighted by Crippen LogP contribution is -2.33. The number of benzene rings is 3. The van der Waals surface area contributed by atoms with Crippen LogP contribution in [0.15, 0.2) is 59.5 Å². The molecule has 1 aliphatic heterocycles. The van der Waals surface area contributed by atoms with Gasteiger partial charge in [-0.2, -0.15) is 0 Å². The van der Waals surface area contributed by atoms with Crippen molar-refractivity contribution in [2.24, 2.45) is 0 Å². The summed E-state index contributed by atoms with van der Waals surface area (Å²) in [6.07, 6.45) is 2.35. The van der Waals surface area contributed by atoms with Gasteiger partial charge in [-0.3, -0.25) is 0 Å². The molecule has 4 aromatic rings. The molecule has 0 radical (unpaired) electrons. The van der Waals surface area contributed by atoms with Crippen LogP contribution in [0.3, 0.4) is 0 Å². The van der Waals surface area contributed by atoms with E-state index in [1.807, 2.05) is 19.1 Å². The highest BCUT2D eigenvalue weighted by atomic mass is 35.5. The maximum atomic E-state index is 12.6. The Bertz CT molecular complexity index is 1550. The molecule has 0 spiro atoms. The van der Waals surface area contributed by atoms with Crippen LogP contribution in [0.2, 0.25) is 5.02 Å². The molecule has 38 heavy (non-hydrogen) atoms. The van der Waals surface area contributed by atoms with Crippen LogP contribution in [0.4, 0.5) is 11.6 Å². The van der Waals surface area contributed by atoms with Crippen molar-refractivity contribution in [1.82, 2.24) is 24.8 Å². The van der Waals surface area contributed by atoms with Crippen molar-refractivity contribution >= 4 is 56.7 Å². The van der Waals surface area contributed by atoms with E-state index in [1.165, 1.54) is 18.9 Å². The molecule has 0 atom stereocenters. The Morgan fingerprint density at radius 3 is 2.50 bits per heavy atom. The molecule has 1 saturated heterocycles. The molecule has 5 rings (SSSR count). The predicted octanol–water partition coefficient (Wildman–Crippen LogP) is 4.90. The van der Waals surface area contributed by atoms with Gasteiger partial charge >= 0.3 is 0 Å². The molecule has 1 fully saturated rings. The van der Waals surface area contributed by atoms with Crippen molar-refractivity contribution in [1.29, 1.82) is 0 Å². The molecule has 12 heteroatoms. The summed E-state index contributed by atoms with van der Waals surface area (Å²) in [5.74, 6) is 0.413. The zero-order valence-electron chi connectivity index (χ0n) is 20.7. The van der Waals surface area contributed by atoms with Crippen molar-refractivity contribution in [3.63, 3.8) is 0 Å². The highest BCUT2D eigenvalue weighted by molar-refractivity contribution is 7.89. The number of sulfonamides is 1. The number of aromatic hydroxyl groups is 1. The summed E-state index contributed by atoms with van der Waals surface area (Å²) in [5.41, 5.74) is 4.24. The van der Waals surface area contributed by atoms with Gasteiger partial charge in [0.05, 0.1) is 10.4 Å². The van der Waals surface area contributed by atoms with Gasteiger partial charge in [-0.25, -0.2) is 18.1 Å². The number of rotatable bonds is 8. The summed E-state index contributed by atoms with van der Waals surface area (Å²) in [4.78, 5) is 7.05. The van der Waals surface area contributed by atoms with Gasteiger partial charge < -0.3 is 15.3 Å². The smallest absolute Gasteiger partial charge is 0.247 e. The van der Waals surface area contributed by atoms with E-state index in [0.717, 1.165) is 24.2 Å². The third kappa shape index (κ3) is 6.33. The maximum absolute atomic E-state index is 12.6. The normalized spacial score (nSPS) is 13.9. The second-order valence-corrected chi connectivity index (χ2v) is 11.2. The standard InChI is InChI=1S/C26H27ClN6O3S.ClH/c1-17-14-18(22-16-20(34)6-9-23(22)27)15-24-25(17)30-26(32-31-24)29-19-4-7-21(8-5-19)37(35,36)28-10-13-33-11-2-3-12-33;/h4-9,14-16,28,34H,2-3,10-13H2,1H3,(H,29,30,32);1H. The minimum absolute atomic E-state index is 0. The number of aromatic nitrogens is 3. The van der Waals surface area contributed by atoms with Gasteiger partial charge in [0.15, 0.2) is 0 Å². The predicted molar refractivity (Wildman–Crippen MR) is 152 cm³/mol. The van der Waals surface area contributed by atoms with E-state index in [9.17, 15) is 13.5 Å². The van der Waals surface area contributed by atoms with E-state index < -0.39 is 10.0 Å². The van der Waals surface area contributed by atoms with Crippen molar-refractivity contribution < 1.29 is 13.5 Å². The summed E-state index contributed by atoms with van der Waals surface area (Å²) in [5, 5.41) is 21.9. The number of nitrogens with zero attached hydrogens (tertiary/aromatic N) is 4. The van der Waals surface area contributed by atoms with Crippen LogP contribution in [0.1, 0.15) is 18.4 Å². The number of hydrogen-bond acceptors (Lipinski definition) is 8. The molecule has 0 unspecified atom stereocenters. The number of phenolic OH excluding ortho intramolecular Hbond substituents is 1. The zero-order chi connectivity index (χ0) is 26.0. The molecule has 0 aliphatic carbocycles. The minimum Gasteiger partial charge on any atom is -0.508 e. The van der Waals surface area contributed by atoms with Gasteiger partial charge in [-0.15, -0.1) is 22.6 Å². The number of aryl methyl sites for hydroxylation is 1. The first kappa shape index (κ1) is 28.0. The van der Waals surface area contributed by atoms with Gasteiger partial charge in [-0.1, -0.05) is 11.6 Å². The highest BCUT2D eigenvalue weighted by Gasteiger charge is 2.16. The van der Waals surface area contributed by atoms with Gasteiger partial charge in [0, 0.05) is 29.4 Å². The molecule has 1 aromatic heterocycles. The molecule has 200 valence electrons. The number of hydrogen-bond donors (Lipinski definition) is 3. The SMILES string of the molecule is Cc1cc(-c2cc(O)ccc2Cl)cc2nnc(Nc3ccc(S(=O)(=O)NCCN4CCCC4)cc3)nc12.Cl. The van der Waals surface area contributed by atoms with Crippen molar-refractivity contribution in [3.05, 3.63) is 65.2 Å². The first-order chi connectivity index (χ1) is 17.8. The fourth-order valence-electron chi connectivity index (χ4n) is 4.43. The Morgan fingerprint density at radius 2 is 1.76 bits per heavy atom. The highest BCUT2D eigenvalue weighted by Crippen LogP contribution is 2.33. The van der Waals surface area contributed by atoms with Gasteiger partial charge in [-0.05, 0) is 98.6 Å². The van der Waals surface area contributed by atoms with E-state index in [-0.39, 0.29) is 29.0 Å². The number of likely N-dealkylation sites (tertiary alicyclic amines) is 1. The molecule has 0 saturated carbocycles. The molecule has 9 nitrogen and oxygen atoms in total. The third-order valence-corrected chi connectivity index (χ3v) is 8.16. The monoisotopic (exact) mass is 574 g/mol. The quantitative estimate of drug-likeness (QED) is 0.272. The summed E-state index contributed by atoms with van der Waals surface area (Å²) >= 11 is 6.32. The molecule has 2 heterocycles. The molecular formula is C26H28Cl2N6O3S. The molecule has 3 N–H and O–H groups in total. The number of phenols is 1. The van der Waals surface area contributed by atoms with Crippen LogP contribution in [0.25, 0.3) is 22.2 Å². The topological polar surface area (TPSA) is 120 Å². The lowest BCUT2D eigenvalue weighted by Gasteiger charge is -2.15. The van der Waals surface area contributed by atoms with Crippen molar-refractivity contribution in [3.8, 4) is 16.9 Å². The summed E-state index contributed by atoms with van der Waals surface area (Å²) in [7, 11) is -3.58. The lowest BCUT2D eigenvalue weighted by molar-refractivity contribution is 0.344. The third-order valence-electron chi connectivity index (χ3n) is 6.35. The molecule has 3 aromatic carbocycles. The van der Waals surface area contributed by atoms with Crippen LogP contribution >= 0.6 is 24.0 Å². The molecule has 0 bridgehead atoms. The molecule has 0 amide bonds. The number of nitrogens with one attached hydrogen (secondary N) is 2. The fraction of sp³-hybridized carbons (Fsp3) is 0.269. The van der Waals surface area contributed by atoms with Crippen molar-refractivity contribution in [2.45, 2.75) is 24.7 Å². The van der Waals surface area contributed by atoms with Crippen LogP contribution in [0.5, 0.6) is 5.75 Å². The summed E-state index contributed by atoms with van der Waals surface area (Å²) < 4.78 is 27.9. The zero-order valence-corrected chi connectivity index (χ0v) is 23.1. The average molecular weight is 576 g/mol. The Hall–Kier alpha value is -3.02. The number of anilines is 2. The van der Waals surface area contributed by atoms with Crippen LogP contribution in [-0.4, -0.2) is 59.8 Å². The van der Waals surface area contributed by atoms with E-state index in [2.05, 4.69) is 30.1 Å². The Labute approximate surface area is 232 Å². The van der Waals surface area contributed by atoms with Crippen LogP contribution in [-0.2, 0) is 10.0 Å². The summed E-state index contributed by atoms with van der Waals surface area (Å²) in [6.45, 7) is 5.07. The first-order valence-electron chi connectivity index (χ1n) is 12.0. The van der Waals surface area contributed by atoms with E-state index >= 15 is 0 Å².